The van der Waals surface area contributed by atoms with Gasteiger partial charge in [-0.3, -0.25) is 4.79 Å². The molecule has 0 spiro atoms. The summed E-state index contributed by atoms with van der Waals surface area (Å²) in [6.07, 6.45) is 2.03. The number of amides is 1. The first-order valence-electron chi connectivity index (χ1n) is 10.4. The van der Waals surface area contributed by atoms with Crippen LogP contribution in [-0.2, 0) is 0 Å². The van der Waals surface area contributed by atoms with Crippen molar-refractivity contribution in [2.75, 3.05) is 13.1 Å². The number of nitrogens with one attached hydrogen (secondary N) is 1. The largest absolute Gasteiger partial charge is 0.358 e. The topological polar surface area (TPSA) is 36.1 Å². The van der Waals surface area contributed by atoms with E-state index in [9.17, 15) is 4.79 Å². The number of likely N-dealkylation sites (tertiary alicyclic amines) is 1. The molecule has 1 aliphatic rings. The van der Waals surface area contributed by atoms with Crippen LogP contribution in [0.3, 0.4) is 0 Å². The van der Waals surface area contributed by atoms with Crippen molar-refractivity contribution < 1.29 is 4.79 Å². The zero-order valence-corrected chi connectivity index (χ0v) is 17.4. The molecule has 1 fully saturated rings. The molecule has 2 heterocycles. The average Bonchev–Trinajstić information content (AvgIpc) is 3.03. The monoisotopic (exact) mass is 374 g/mol. The molecule has 1 aliphatic heterocycles. The highest BCUT2D eigenvalue weighted by Crippen LogP contribution is 2.34. The van der Waals surface area contributed by atoms with E-state index in [4.69, 9.17) is 0 Å². The lowest BCUT2D eigenvalue weighted by Crippen LogP contribution is -2.38. The van der Waals surface area contributed by atoms with E-state index in [1.165, 1.54) is 33.3 Å². The van der Waals surface area contributed by atoms with Gasteiger partial charge < -0.3 is 9.88 Å². The quantitative estimate of drug-likeness (QED) is 0.606. The van der Waals surface area contributed by atoms with Crippen LogP contribution < -0.4 is 0 Å². The van der Waals surface area contributed by atoms with Crippen LogP contribution in [0.15, 0.2) is 42.5 Å². The van der Waals surface area contributed by atoms with Gasteiger partial charge >= 0.3 is 0 Å². The van der Waals surface area contributed by atoms with Gasteiger partial charge in [0, 0.05) is 41.2 Å². The number of carbonyl (C=O) groups excluding carboxylic acids is 1. The second-order valence-corrected chi connectivity index (χ2v) is 8.56. The Labute approximate surface area is 167 Å². The van der Waals surface area contributed by atoms with E-state index >= 15 is 0 Å². The van der Waals surface area contributed by atoms with Crippen LogP contribution in [-0.4, -0.2) is 28.9 Å². The van der Waals surface area contributed by atoms with Crippen LogP contribution in [0.2, 0.25) is 0 Å². The molecular weight excluding hydrogens is 344 g/mol. The highest BCUT2D eigenvalue weighted by atomic mass is 16.2. The van der Waals surface area contributed by atoms with E-state index in [2.05, 4.69) is 63.0 Å². The molecule has 0 saturated carbocycles. The predicted molar refractivity (Wildman–Crippen MR) is 116 cm³/mol. The van der Waals surface area contributed by atoms with Gasteiger partial charge in [-0.2, -0.15) is 0 Å². The van der Waals surface area contributed by atoms with Gasteiger partial charge in [0.2, 0.25) is 0 Å². The highest BCUT2D eigenvalue weighted by molar-refractivity contribution is 5.94. The molecule has 3 nitrogen and oxygen atoms in total. The molecule has 28 heavy (non-hydrogen) atoms. The van der Waals surface area contributed by atoms with Crippen molar-refractivity contribution in [3.05, 3.63) is 70.4 Å². The maximum Gasteiger partial charge on any atom is 0.253 e. The Bertz CT molecular complexity index is 989. The molecule has 0 atom stereocenters. The summed E-state index contributed by atoms with van der Waals surface area (Å²) in [5, 5.41) is 1.33. The van der Waals surface area contributed by atoms with E-state index in [1.54, 1.807) is 0 Å². The Kier molecular flexibility index (Phi) is 5.01. The summed E-state index contributed by atoms with van der Waals surface area (Å²) in [7, 11) is 0. The number of aromatic amines is 1. The fourth-order valence-electron chi connectivity index (χ4n) is 4.43. The van der Waals surface area contributed by atoms with Crippen LogP contribution in [0.4, 0.5) is 0 Å². The molecule has 4 rings (SSSR count). The smallest absolute Gasteiger partial charge is 0.253 e. The number of H-pyrrole nitrogens is 1. The molecular formula is C25H30N2O. The Morgan fingerprint density at radius 2 is 1.71 bits per heavy atom. The molecule has 3 heteroatoms. The SMILES string of the molecule is Cc1ccc2[nH]c(C3CCN(C(=O)c4ccc(C(C)C)cc4)CC3)c(C)c2c1. The number of hydrogen-bond donors (Lipinski definition) is 1. The summed E-state index contributed by atoms with van der Waals surface area (Å²) in [6.45, 7) is 10.4. The Morgan fingerprint density at radius 3 is 2.36 bits per heavy atom. The number of carbonyl (C=O) groups is 1. The zero-order chi connectivity index (χ0) is 19.8. The number of aromatic nitrogens is 1. The number of nitrogens with zero attached hydrogens (tertiary/aromatic N) is 1. The van der Waals surface area contributed by atoms with Crippen LogP contribution in [0.1, 0.15) is 71.3 Å². The number of fused-ring (bicyclic) bond motifs is 1. The normalized spacial score (nSPS) is 15.5. The first-order chi connectivity index (χ1) is 13.4. The third kappa shape index (κ3) is 3.46. The molecule has 1 saturated heterocycles. The van der Waals surface area contributed by atoms with Gasteiger partial charge in [0.25, 0.3) is 5.91 Å². The Hall–Kier alpha value is -2.55. The van der Waals surface area contributed by atoms with E-state index < -0.39 is 0 Å². The molecule has 0 unspecified atom stereocenters. The standard InChI is InChI=1S/C25H30N2O/c1-16(2)19-6-8-21(9-7-19)25(28)27-13-11-20(12-14-27)24-18(4)22-15-17(3)5-10-23(22)26-24/h5-10,15-16,20,26H,11-14H2,1-4H3. The summed E-state index contributed by atoms with van der Waals surface area (Å²) in [5.74, 6) is 1.15. The van der Waals surface area contributed by atoms with E-state index in [0.29, 0.717) is 11.8 Å². The van der Waals surface area contributed by atoms with Gasteiger partial charge in [0.1, 0.15) is 0 Å². The van der Waals surface area contributed by atoms with Crippen molar-refractivity contribution >= 4 is 16.8 Å². The second-order valence-electron chi connectivity index (χ2n) is 8.56. The second kappa shape index (κ2) is 7.46. The lowest BCUT2D eigenvalue weighted by atomic mass is 9.90. The summed E-state index contributed by atoms with van der Waals surface area (Å²) in [6, 6.07) is 14.7. The van der Waals surface area contributed by atoms with Gasteiger partial charge in [-0.25, -0.2) is 0 Å². The first-order valence-corrected chi connectivity index (χ1v) is 10.4. The van der Waals surface area contributed by atoms with Crippen LogP contribution in [0.25, 0.3) is 10.9 Å². The van der Waals surface area contributed by atoms with E-state index in [-0.39, 0.29) is 5.91 Å². The van der Waals surface area contributed by atoms with Crippen molar-refractivity contribution in [1.29, 1.82) is 0 Å². The summed E-state index contributed by atoms with van der Waals surface area (Å²) in [5.41, 5.74) is 7.33. The van der Waals surface area contributed by atoms with Crippen molar-refractivity contribution in [2.24, 2.45) is 0 Å². The number of piperidine rings is 1. The third-order valence-corrected chi connectivity index (χ3v) is 6.27. The zero-order valence-electron chi connectivity index (χ0n) is 17.4. The molecule has 146 valence electrons. The first kappa shape index (κ1) is 18.8. The molecule has 0 bridgehead atoms. The summed E-state index contributed by atoms with van der Waals surface area (Å²) in [4.78, 5) is 18.6. The highest BCUT2D eigenvalue weighted by Gasteiger charge is 2.27. The Balaban J connectivity index is 1.46. The van der Waals surface area contributed by atoms with E-state index in [0.717, 1.165) is 31.5 Å². The fraction of sp³-hybridized carbons (Fsp3) is 0.400. The minimum Gasteiger partial charge on any atom is -0.358 e. The average molecular weight is 375 g/mol. The summed E-state index contributed by atoms with van der Waals surface area (Å²) < 4.78 is 0. The molecule has 3 aromatic rings. The Morgan fingerprint density at radius 1 is 1.04 bits per heavy atom. The maximum atomic E-state index is 12.9. The van der Waals surface area contributed by atoms with Crippen LogP contribution in [0, 0.1) is 13.8 Å². The van der Waals surface area contributed by atoms with Crippen molar-refractivity contribution in [3.8, 4) is 0 Å². The minimum atomic E-state index is 0.165. The maximum absolute atomic E-state index is 12.9. The predicted octanol–water partition coefficient (Wildman–Crippen LogP) is 5.93. The molecule has 1 N–H and O–H groups in total. The molecule has 1 amide bonds. The van der Waals surface area contributed by atoms with E-state index in [1.807, 2.05) is 17.0 Å². The molecule has 0 radical (unpaired) electrons. The van der Waals surface area contributed by atoms with Crippen LogP contribution in [0.5, 0.6) is 0 Å². The number of benzene rings is 2. The number of aryl methyl sites for hydroxylation is 2. The van der Waals surface area contributed by atoms with Gasteiger partial charge in [-0.05, 0) is 68.0 Å². The van der Waals surface area contributed by atoms with Gasteiger partial charge in [-0.1, -0.05) is 37.6 Å². The number of rotatable bonds is 3. The lowest BCUT2D eigenvalue weighted by molar-refractivity contribution is 0.0712. The third-order valence-electron chi connectivity index (χ3n) is 6.27. The van der Waals surface area contributed by atoms with Crippen LogP contribution >= 0.6 is 0 Å². The van der Waals surface area contributed by atoms with Gasteiger partial charge in [0.05, 0.1) is 0 Å². The molecule has 2 aromatic carbocycles. The van der Waals surface area contributed by atoms with Crippen molar-refractivity contribution in [1.82, 2.24) is 9.88 Å². The fourth-order valence-corrected chi connectivity index (χ4v) is 4.43. The lowest BCUT2D eigenvalue weighted by Gasteiger charge is -2.32. The molecule has 0 aliphatic carbocycles. The molecule has 1 aromatic heterocycles. The van der Waals surface area contributed by atoms with Gasteiger partial charge in [-0.15, -0.1) is 0 Å². The van der Waals surface area contributed by atoms with Crippen molar-refractivity contribution in [3.63, 3.8) is 0 Å². The number of hydrogen-bond acceptors (Lipinski definition) is 1. The summed E-state index contributed by atoms with van der Waals surface area (Å²) >= 11 is 0. The van der Waals surface area contributed by atoms with Crippen molar-refractivity contribution in [2.45, 2.75) is 52.4 Å². The minimum absolute atomic E-state index is 0.165. The van der Waals surface area contributed by atoms with Gasteiger partial charge in [0.15, 0.2) is 0 Å².